The van der Waals surface area contributed by atoms with Gasteiger partial charge < -0.3 is 15.1 Å². The molecule has 0 bridgehead atoms. The van der Waals surface area contributed by atoms with Gasteiger partial charge in [0.25, 0.3) is 0 Å². The van der Waals surface area contributed by atoms with E-state index in [1.807, 2.05) is 18.2 Å². The van der Waals surface area contributed by atoms with Gasteiger partial charge >= 0.3 is 0 Å². The molecule has 6 heteroatoms. The van der Waals surface area contributed by atoms with Gasteiger partial charge in [-0.3, -0.25) is 10.1 Å². The van der Waals surface area contributed by atoms with Crippen molar-refractivity contribution >= 4 is 23.2 Å². The van der Waals surface area contributed by atoms with Crippen LogP contribution in [0.2, 0.25) is 0 Å². The number of rotatable bonds is 6. The van der Waals surface area contributed by atoms with E-state index in [9.17, 15) is 4.79 Å². The lowest BCUT2D eigenvalue weighted by Gasteiger charge is -2.47. The third-order valence-electron chi connectivity index (χ3n) is 6.16. The van der Waals surface area contributed by atoms with Crippen LogP contribution in [0.4, 0.5) is 0 Å². The average Bonchev–Trinajstić information content (AvgIpc) is 2.97. The van der Waals surface area contributed by atoms with E-state index in [1.165, 1.54) is 5.56 Å². The second-order valence-corrected chi connectivity index (χ2v) is 8.49. The molecule has 0 aliphatic carbocycles. The second kappa shape index (κ2) is 9.23. The number of nitrogens with one attached hydrogen (secondary N) is 2. The minimum Gasteiger partial charge on any atom is -0.363 e. The summed E-state index contributed by atoms with van der Waals surface area (Å²) in [5, 5.41) is 7.94. The van der Waals surface area contributed by atoms with E-state index in [-0.39, 0.29) is 23.7 Å². The molecule has 0 unspecified atom stereocenters. The summed E-state index contributed by atoms with van der Waals surface area (Å²) in [7, 11) is 0. The van der Waals surface area contributed by atoms with Gasteiger partial charge in [-0.2, -0.15) is 0 Å². The lowest BCUT2D eigenvalue weighted by atomic mass is 9.94. The van der Waals surface area contributed by atoms with Crippen LogP contribution in [-0.4, -0.2) is 58.2 Å². The highest BCUT2D eigenvalue weighted by atomic mass is 32.1. The molecular weight excluding hydrogens is 368 g/mol. The molecule has 154 valence electrons. The Balaban J connectivity index is 1.73. The Labute approximate surface area is 174 Å². The van der Waals surface area contributed by atoms with Crippen LogP contribution in [-0.2, 0) is 11.2 Å². The highest BCUT2D eigenvalue weighted by molar-refractivity contribution is 7.80. The summed E-state index contributed by atoms with van der Waals surface area (Å²) in [5.41, 5.74) is 0.958. The lowest BCUT2D eigenvalue weighted by molar-refractivity contribution is -0.136. The van der Waals surface area contributed by atoms with Crippen LogP contribution >= 0.6 is 12.2 Å². The molecule has 2 N–H and O–H groups in total. The van der Waals surface area contributed by atoms with E-state index in [2.05, 4.69) is 53.3 Å². The first-order valence-corrected chi connectivity index (χ1v) is 11.1. The summed E-state index contributed by atoms with van der Waals surface area (Å²) >= 11 is 5.55. The predicted octanol–water partition coefficient (Wildman–Crippen LogP) is 2.90. The van der Waals surface area contributed by atoms with Crippen LogP contribution in [0.1, 0.15) is 52.0 Å². The van der Waals surface area contributed by atoms with E-state index in [0.29, 0.717) is 0 Å². The van der Waals surface area contributed by atoms with Crippen molar-refractivity contribution in [2.45, 2.75) is 70.6 Å². The maximum atomic E-state index is 13.4. The molecular formula is C22H34N4OS. The Kier molecular flexibility index (Phi) is 6.94. The highest BCUT2D eigenvalue weighted by Gasteiger charge is 2.52. The fourth-order valence-corrected chi connectivity index (χ4v) is 4.74. The first-order chi connectivity index (χ1) is 13.5. The van der Waals surface area contributed by atoms with Gasteiger partial charge in [0.05, 0.1) is 11.7 Å². The monoisotopic (exact) mass is 402 g/mol. The zero-order valence-corrected chi connectivity index (χ0v) is 18.2. The Morgan fingerprint density at radius 2 is 1.96 bits per heavy atom. The van der Waals surface area contributed by atoms with E-state index in [4.69, 9.17) is 12.2 Å². The molecule has 0 radical (unpaired) electrons. The molecule has 2 aliphatic heterocycles. The predicted molar refractivity (Wildman–Crippen MR) is 118 cm³/mol. The summed E-state index contributed by atoms with van der Waals surface area (Å²) in [6.45, 7) is 9.14. The molecule has 5 nitrogen and oxygen atoms in total. The summed E-state index contributed by atoms with van der Waals surface area (Å²) in [6.07, 6.45) is 4.59. The molecule has 3 rings (SSSR count). The zero-order valence-electron chi connectivity index (χ0n) is 17.4. The minimum atomic E-state index is -0.247. The van der Waals surface area contributed by atoms with Crippen molar-refractivity contribution in [3.8, 4) is 0 Å². The molecule has 1 aromatic carbocycles. The largest absolute Gasteiger partial charge is 0.363 e. The Morgan fingerprint density at radius 3 is 2.57 bits per heavy atom. The number of hydrogen-bond donors (Lipinski definition) is 2. The molecule has 1 amide bonds. The van der Waals surface area contributed by atoms with E-state index < -0.39 is 0 Å². The van der Waals surface area contributed by atoms with Crippen molar-refractivity contribution < 1.29 is 4.79 Å². The van der Waals surface area contributed by atoms with Gasteiger partial charge in [0, 0.05) is 38.5 Å². The van der Waals surface area contributed by atoms with Crippen molar-refractivity contribution in [3.05, 3.63) is 35.9 Å². The lowest BCUT2D eigenvalue weighted by Crippen LogP contribution is -2.62. The van der Waals surface area contributed by atoms with Gasteiger partial charge in [-0.15, -0.1) is 0 Å². The van der Waals surface area contributed by atoms with Crippen LogP contribution in [0.25, 0.3) is 0 Å². The van der Waals surface area contributed by atoms with Crippen LogP contribution in [0.3, 0.4) is 0 Å². The van der Waals surface area contributed by atoms with Gasteiger partial charge in [0.15, 0.2) is 5.11 Å². The maximum Gasteiger partial charge on any atom is 0.241 e. The van der Waals surface area contributed by atoms with Crippen molar-refractivity contribution in [2.75, 3.05) is 19.6 Å². The Morgan fingerprint density at radius 1 is 1.29 bits per heavy atom. The number of carbonyl (C=O) groups excluding carboxylic acids is 1. The summed E-state index contributed by atoms with van der Waals surface area (Å²) in [6, 6.07) is 10.4. The number of likely N-dealkylation sites (tertiary alicyclic amines) is 1. The number of amides is 1. The van der Waals surface area contributed by atoms with Crippen molar-refractivity contribution in [1.29, 1.82) is 0 Å². The van der Waals surface area contributed by atoms with Crippen LogP contribution in [0.15, 0.2) is 30.3 Å². The third kappa shape index (κ3) is 4.33. The molecule has 2 heterocycles. The SMILES string of the molecule is CCCNC(=S)N1CCC2(CC1)N[C@@H](Cc1ccccc1)C(=O)N2[C@@H](C)CC. The van der Waals surface area contributed by atoms with Crippen LogP contribution in [0.5, 0.6) is 0 Å². The molecule has 2 saturated heterocycles. The average molecular weight is 403 g/mol. The number of carbonyl (C=O) groups is 1. The van der Waals surface area contributed by atoms with E-state index in [1.54, 1.807) is 0 Å². The van der Waals surface area contributed by atoms with E-state index >= 15 is 0 Å². The number of piperidine rings is 1. The number of hydrogen-bond acceptors (Lipinski definition) is 3. The smallest absolute Gasteiger partial charge is 0.241 e. The topological polar surface area (TPSA) is 47.6 Å². The summed E-state index contributed by atoms with van der Waals surface area (Å²) < 4.78 is 0. The molecule has 1 aromatic rings. The molecule has 0 saturated carbocycles. The molecule has 2 aliphatic rings. The van der Waals surface area contributed by atoms with Crippen LogP contribution in [0, 0.1) is 0 Å². The van der Waals surface area contributed by atoms with Crippen LogP contribution < -0.4 is 10.6 Å². The molecule has 2 fully saturated rings. The van der Waals surface area contributed by atoms with Gasteiger partial charge in [0.2, 0.25) is 5.91 Å². The summed E-state index contributed by atoms with van der Waals surface area (Å²) in [4.78, 5) is 17.8. The van der Waals surface area contributed by atoms with E-state index in [0.717, 1.165) is 56.9 Å². The van der Waals surface area contributed by atoms with Gasteiger partial charge in [-0.25, -0.2) is 0 Å². The Hall–Kier alpha value is -1.66. The zero-order chi connectivity index (χ0) is 20.1. The molecule has 2 atom stereocenters. The Bertz CT molecular complexity index is 672. The minimum absolute atomic E-state index is 0.145. The van der Waals surface area contributed by atoms with Crippen molar-refractivity contribution in [2.24, 2.45) is 0 Å². The van der Waals surface area contributed by atoms with Gasteiger partial charge in [-0.1, -0.05) is 44.2 Å². The van der Waals surface area contributed by atoms with Gasteiger partial charge in [-0.05, 0) is 44.0 Å². The van der Waals surface area contributed by atoms with Crippen molar-refractivity contribution in [1.82, 2.24) is 20.4 Å². The quantitative estimate of drug-likeness (QED) is 0.717. The van der Waals surface area contributed by atoms with Crippen molar-refractivity contribution in [3.63, 3.8) is 0 Å². The molecule has 28 heavy (non-hydrogen) atoms. The first kappa shape index (κ1) is 21.1. The molecule has 0 aromatic heterocycles. The highest BCUT2D eigenvalue weighted by Crippen LogP contribution is 2.35. The number of nitrogens with zero attached hydrogens (tertiary/aromatic N) is 2. The maximum absolute atomic E-state index is 13.4. The normalized spacial score (nSPS) is 22.5. The first-order valence-electron chi connectivity index (χ1n) is 10.7. The second-order valence-electron chi connectivity index (χ2n) is 8.10. The third-order valence-corrected chi connectivity index (χ3v) is 6.56. The fourth-order valence-electron chi connectivity index (χ4n) is 4.45. The summed E-state index contributed by atoms with van der Waals surface area (Å²) in [5.74, 6) is 0.248. The molecule has 1 spiro atoms. The fraction of sp³-hybridized carbons (Fsp3) is 0.636. The number of thiocarbonyl (C=S) groups is 1. The number of benzene rings is 1. The standard InChI is InChI=1S/C22H34N4OS/c1-4-13-23-21(28)25-14-11-22(12-15-25)24-19(16-18-9-7-6-8-10-18)20(27)26(22)17(3)5-2/h6-10,17,19,24H,4-5,11-16H2,1-3H3,(H,23,28)/t17-,19-/m0/s1. The van der Waals surface area contributed by atoms with Gasteiger partial charge in [0.1, 0.15) is 0 Å².